The lowest BCUT2D eigenvalue weighted by Crippen LogP contribution is -2.53. The average Bonchev–Trinajstić information content (AvgIpc) is 2.85. The number of piperidine rings is 1. The molecular formula is C28H37N3O5. The first kappa shape index (κ1) is 25.8. The van der Waals surface area contributed by atoms with Crippen LogP contribution in [0.5, 0.6) is 11.5 Å². The molecule has 0 aromatic heterocycles. The fraction of sp³-hybridized carbons (Fsp3) is 0.500. The first-order valence-corrected chi connectivity index (χ1v) is 12.5. The molecule has 2 N–H and O–H groups in total. The first-order valence-electron chi connectivity index (χ1n) is 12.5. The number of amides is 2. The summed E-state index contributed by atoms with van der Waals surface area (Å²) in [5, 5.41) is 5.75. The van der Waals surface area contributed by atoms with Gasteiger partial charge in [-0.2, -0.15) is 0 Å². The van der Waals surface area contributed by atoms with E-state index in [2.05, 4.69) is 27.7 Å². The van der Waals surface area contributed by atoms with Crippen molar-refractivity contribution in [3.63, 3.8) is 0 Å². The molecule has 2 heterocycles. The smallest absolute Gasteiger partial charge is 0.407 e. The number of carbonyl (C=O) groups is 2. The molecule has 3 atom stereocenters. The maximum atomic E-state index is 12.8. The Labute approximate surface area is 213 Å². The van der Waals surface area contributed by atoms with Crippen molar-refractivity contribution in [1.29, 1.82) is 0 Å². The van der Waals surface area contributed by atoms with Crippen LogP contribution < -0.4 is 20.1 Å². The van der Waals surface area contributed by atoms with Crippen LogP contribution in [-0.4, -0.2) is 62.4 Å². The zero-order valence-electron chi connectivity index (χ0n) is 21.8. The zero-order valence-corrected chi connectivity index (χ0v) is 21.8. The molecule has 2 aliphatic rings. The second-order valence-electron chi connectivity index (χ2n) is 10.4. The molecule has 194 valence electrons. The van der Waals surface area contributed by atoms with Crippen molar-refractivity contribution >= 4 is 12.0 Å². The van der Waals surface area contributed by atoms with Crippen molar-refractivity contribution in [2.75, 3.05) is 33.9 Å². The van der Waals surface area contributed by atoms with Crippen LogP contribution >= 0.6 is 0 Å². The molecule has 1 saturated heterocycles. The van der Waals surface area contributed by atoms with E-state index in [1.54, 1.807) is 14.2 Å². The number of methoxy groups -OCH3 is 1. The molecule has 0 radical (unpaired) electrons. The Morgan fingerprint density at radius 1 is 1.11 bits per heavy atom. The number of likely N-dealkylation sites (N-methyl/N-ethyl adjacent to an activating group) is 1. The van der Waals surface area contributed by atoms with Gasteiger partial charge < -0.3 is 24.8 Å². The molecule has 0 bridgehead atoms. The van der Waals surface area contributed by atoms with Gasteiger partial charge in [0.05, 0.1) is 7.11 Å². The van der Waals surface area contributed by atoms with Crippen molar-refractivity contribution in [2.24, 2.45) is 0 Å². The predicted octanol–water partition coefficient (Wildman–Crippen LogP) is 3.80. The molecular weight excluding hydrogens is 458 g/mol. The molecule has 8 nitrogen and oxygen atoms in total. The lowest BCUT2D eigenvalue weighted by Gasteiger charge is -2.47. The van der Waals surface area contributed by atoms with Gasteiger partial charge in [-0.3, -0.25) is 9.69 Å². The van der Waals surface area contributed by atoms with Gasteiger partial charge in [-0.15, -0.1) is 0 Å². The number of ether oxygens (including phenoxy) is 3. The standard InChI is InChI=1S/C28H37N3O5/c1-28(2,3)36-27(33)30-22-15-23-20-14-24(34-5)25(35-17-26(32)29-4)13-19(20)11-12-31(23)16-21(22)18-9-7-6-8-10-18/h6-10,13-14,21-23H,11-12,15-17H2,1-5H3,(H,29,32)(H,30,33). The molecule has 36 heavy (non-hydrogen) atoms. The van der Waals surface area contributed by atoms with Crippen LogP contribution in [0.2, 0.25) is 0 Å². The minimum atomic E-state index is -0.567. The molecule has 2 aromatic rings. The van der Waals surface area contributed by atoms with E-state index >= 15 is 0 Å². The van der Waals surface area contributed by atoms with Crippen molar-refractivity contribution in [2.45, 2.75) is 57.2 Å². The fourth-order valence-corrected chi connectivity index (χ4v) is 5.18. The van der Waals surface area contributed by atoms with Crippen molar-refractivity contribution in [3.8, 4) is 11.5 Å². The van der Waals surface area contributed by atoms with E-state index in [0.717, 1.165) is 25.9 Å². The summed E-state index contributed by atoms with van der Waals surface area (Å²) >= 11 is 0. The summed E-state index contributed by atoms with van der Waals surface area (Å²) in [6.07, 6.45) is 1.22. The molecule has 0 aliphatic carbocycles. The van der Waals surface area contributed by atoms with E-state index in [9.17, 15) is 9.59 Å². The average molecular weight is 496 g/mol. The minimum absolute atomic E-state index is 0.0676. The van der Waals surface area contributed by atoms with E-state index in [0.29, 0.717) is 11.5 Å². The number of carbonyl (C=O) groups excluding carboxylic acids is 2. The van der Waals surface area contributed by atoms with Gasteiger partial charge in [0.2, 0.25) is 0 Å². The minimum Gasteiger partial charge on any atom is -0.493 e. The number of fused-ring (bicyclic) bond motifs is 3. The summed E-state index contributed by atoms with van der Waals surface area (Å²) in [6, 6.07) is 14.4. The van der Waals surface area contributed by atoms with Gasteiger partial charge in [0.1, 0.15) is 5.60 Å². The molecule has 2 aliphatic heterocycles. The third-order valence-corrected chi connectivity index (χ3v) is 6.86. The molecule has 1 fully saturated rings. The van der Waals surface area contributed by atoms with E-state index in [4.69, 9.17) is 14.2 Å². The molecule has 2 aromatic carbocycles. The normalized spacial score (nSPS) is 21.5. The third-order valence-electron chi connectivity index (χ3n) is 6.86. The first-order chi connectivity index (χ1) is 17.2. The number of benzene rings is 2. The SMILES string of the molecule is CNC(=O)COc1cc2c(cc1OC)C1CC(NC(=O)OC(C)(C)C)C(c3ccccc3)CN1CC2. The summed E-state index contributed by atoms with van der Waals surface area (Å²) < 4.78 is 17.0. The lowest BCUT2D eigenvalue weighted by atomic mass is 9.78. The van der Waals surface area contributed by atoms with Gasteiger partial charge in [-0.25, -0.2) is 4.79 Å². The summed E-state index contributed by atoms with van der Waals surface area (Å²) in [5.74, 6) is 1.11. The van der Waals surface area contributed by atoms with Crippen molar-refractivity contribution < 1.29 is 23.8 Å². The largest absolute Gasteiger partial charge is 0.493 e. The lowest BCUT2D eigenvalue weighted by molar-refractivity contribution is -0.122. The zero-order chi connectivity index (χ0) is 25.9. The van der Waals surface area contributed by atoms with Gasteiger partial charge in [-0.1, -0.05) is 30.3 Å². The molecule has 0 spiro atoms. The Kier molecular flexibility index (Phi) is 7.73. The van der Waals surface area contributed by atoms with E-state index in [-0.39, 0.29) is 30.5 Å². The highest BCUT2D eigenvalue weighted by Gasteiger charge is 2.41. The number of rotatable bonds is 6. The monoisotopic (exact) mass is 495 g/mol. The quantitative estimate of drug-likeness (QED) is 0.634. The summed E-state index contributed by atoms with van der Waals surface area (Å²) in [4.78, 5) is 27.0. The topological polar surface area (TPSA) is 89.1 Å². The second-order valence-corrected chi connectivity index (χ2v) is 10.4. The Morgan fingerprint density at radius 2 is 1.86 bits per heavy atom. The Bertz CT molecular complexity index is 1080. The van der Waals surface area contributed by atoms with Crippen LogP contribution in [0, 0.1) is 0 Å². The maximum absolute atomic E-state index is 12.8. The number of nitrogens with zero attached hydrogens (tertiary/aromatic N) is 1. The third kappa shape index (κ3) is 5.93. The van der Waals surface area contributed by atoms with Gasteiger partial charge in [0, 0.05) is 38.1 Å². The molecule has 2 amide bonds. The highest BCUT2D eigenvalue weighted by molar-refractivity contribution is 5.77. The van der Waals surface area contributed by atoms with E-state index in [1.807, 2.05) is 51.1 Å². The van der Waals surface area contributed by atoms with E-state index < -0.39 is 11.7 Å². The van der Waals surface area contributed by atoms with Crippen LogP contribution in [-0.2, 0) is 16.0 Å². The number of alkyl carbamates (subject to hydrolysis) is 1. The van der Waals surface area contributed by atoms with Crippen LogP contribution in [0.3, 0.4) is 0 Å². The van der Waals surface area contributed by atoms with Crippen molar-refractivity contribution in [3.05, 3.63) is 59.2 Å². The molecule has 0 saturated carbocycles. The summed E-state index contributed by atoms with van der Waals surface area (Å²) in [5.41, 5.74) is 2.99. The maximum Gasteiger partial charge on any atom is 0.407 e. The van der Waals surface area contributed by atoms with Crippen molar-refractivity contribution in [1.82, 2.24) is 15.5 Å². The Morgan fingerprint density at radius 3 is 2.53 bits per heavy atom. The van der Waals surface area contributed by atoms with Gasteiger partial charge in [0.15, 0.2) is 18.1 Å². The van der Waals surface area contributed by atoms with Crippen LogP contribution in [0.25, 0.3) is 0 Å². The highest BCUT2D eigenvalue weighted by Crippen LogP contribution is 2.44. The fourth-order valence-electron chi connectivity index (χ4n) is 5.18. The van der Waals surface area contributed by atoms with Gasteiger partial charge >= 0.3 is 6.09 Å². The number of hydrogen-bond donors (Lipinski definition) is 2. The number of nitrogens with one attached hydrogen (secondary N) is 2. The Hall–Kier alpha value is -3.26. The van der Waals surface area contributed by atoms with Crippen LogP contribution in [0.4, 0.5) is 4.79 Å². The molecule has 8 heteroatoms. The summed E-state index contributed by atoms with van der Waals surface area (Å²) in [7, 11) is 3.19. The molecule has 4 rings (SSSR count). The summed E-state index contributed by atoms with van der Waals surface area (Å²) in [6.45, 7) is 7.28. The predicted molar refractivity (Wildman–Crippen MR) is 138 cm³/mol. The number of hydrogen-bond acceptors (Lipinski definition) is 6. The Balaban J connectivity index is 1.62. The molecule has 3 unspecified atom stereocenters. The van der Waals surface area contributed by atoms with Crippen LogP contribution in [0.15, 0.2) is 42.5 Å². The van der Waals surface area contributed by atoms with Gasteiger partial charge in [-0.05, 0) is 62.4 Å². The highest BCUT2D eigenvalue weighted by atomic mass is 16.6. The van der Waals surface area contributed by atoms with Crippen LogP contribution in [0.1, 0.15) is 55.8 Å². The van der Waals surface area contributed by atoms with E-state index in [1.165, 1.54) is 16.7 Å². The second kappa shape index (κ2) is 10.8. The van der Waals surface area contributed by atoms with Gasteiger partial charge in [0.25, 0.3) is 5.91 Å².